The van der Waals surface area contributed by atoms with Crippen molar-refractivity contribution in [3.05, 3.63) is 66.2 Å². The number of carbonyl (C=O) groups is 1. The van der Waals surface area contributed by atoms with Gasteiger partial charge in [0.15, 0.2) is 0 Å². The molecule has 2 rings (SSSR count). The summed E-state index contributed by atoms with van der Waals surface area (Å²) in [6.45, 7) is 1.40. The average molecular weight is 335 g/mol. The summed E-state index contributed by atoms with van der Waals surface area (Å²) in [6, 6.07) is 16.5. The van der Waals surface area contributed by atoms with Crippen molar-refractivity contribution in [2.45, 2.75) is 19.6 Å². The van der Waals surface area contributed by atoms with Gasteiger partial charge in [0.25, 0.3) is 0 Å². The molecule has 0 saturated heterocycles. The van der Waals surface area contributed by atoms with Crippen molar-refractivity contribution >= 4 is 13.7 Å². The van der Waals surface area contributed by atoms with Gasteiger partial charge in [-0.05, 0) is 24.6 Å². The number of hydrogen-bond acceptors (Lipinski definition) is 4. The van der Waals surface area contributed by atoms with E-state index in [9.17, 15) is 9.36 Å². The summed E-state index contributed by atoms with van der Waals surface area (Å²) in [5.41, 5.74) is 0.800. The lowest BCUT2D eigenvalue weighted by Crippen LogP contribution is -2.33. The Morgan fingerprint density at radius 2 is 1.70 bits per heavy atom. The van der Waals surface area contributed by atoms with Crippen molar-refractivity contribution in [2.24, 2.45) is 0 Å². The van der Waals surface area contributed by atoms with Crippen molar-refractivity contribution in [3.8, 4) is 5.75 Å². The standard InChI is InChI=1S/C16H18NO5P/c1-13(16(18)19)17-23(20,22-15-10-6-3-7-11-15)21-12-14-8-4-2-5-9-14/h2-11,13H,12H2,1H3,(H,17,20)(H,18,19)/t13-,23?/m0/s1. The number of aliphatic carboxylic acids is 1. The highest BCUT2D eigenvalue weighted by molar-refractivity contribution is 7.52. The van der Waals surface area contributed by atoms with Gasteiger partial charge >= 0.3 is 13.7 Å². The minimum atomic E-state index is -3.85. The molecule has 0 radical (unpaired) electrons. The second-order valence-electron chi connectivity index (χ2n) is 4.85. The molecule has 0 amide bonds. The van der Waals surface area contributed by atoms with Crippen LogP contribution in [-0.2, 0) is 20.5 Å². The van der Waals surface area contributed by atoms with Crippen LogP contribution in [0.1, 0.15) is 12.5 Å². The predicted octanol–water partition coefficient (Wildman–Crippen LogP) is 3.45. The zero-order valence-electron chi connectivity index (χ0n) is 12.6. The van der Waals surface area contributed by atoms with Crippen LogP contribution >= 0.6 is 7.75 Å². The molecule has 0 fully saturated rings. The highest BCUT2D eigenvalue weighted by atomic mass is 31.2. The molecule has 122 valence electrons. The van der Waals surface area contributed by atoms with Gasteiger partial charge in [-0.1, -0.05) is 48.5 Å². The first-order valence-corrected chi connectivity index (χ1v) is 8.56. The molecule has 0 bridgehead atoms. The van der Waals surface area contributed by atoms with E-state index in [1.54, 1.807) is 30.3 Å². The fourth-order valence-corrected chi connectivity index (χ4v) is 3.22. The lowest BCUT2D eigenvalue weighted by Gasteiger charge is -2.21. The van der Waals surface area contributed by atoms with Crippen LogP contribution < -0.4 is 9.61 Å². The number of hydrogen-bond donors (Lipinski definition) is 2. The molecule has 23 heavy (non-hydrogen) atoms. The third-order valence-electron chi connectivity index (χ3n) is 2.93. The van der Waals surface area contributed by atoms with Gasteiger partial charge in [0.05, 0.1) is 6.61 Å². The summed E-state index contributed by atoms with van der Waals surface area (Å²) in [5, 5.41) is 11.4. The summed E-state index contributed by atoms with van der Waals surface area (Å²) < 4.78 is 23.7. The minimum absolute atomic E-state index is 0.0320. The molecule has 2 aromatic carbocycles. The zero-order chi connectivity index (χ0) is 16.7. The first kappa shape index (κ1) is 17.2. The first-order chi connectivity index (χ1) is 11.0. The van der Waals surface area contributed by atoms with Crippen molar-refractivity contribution < 1.29 is 23.5 Å². The summed E-state index contributed by atoms with van der Waals surface area (Å²) >= 11 is 0. The molecule has 2 atom stereocenters. The maximum absolute atomic E-state index is 12.9. The van der Waals surface area contributed by atoms with Crippen molar-refractivity contribution in [1.82, 2.24) is 5.09 Å². The van der Waals surface area contributed by atoms with Crippen molar-refractivity contribution in [2.75, 3.05) is 0 Å². The topological polar surface area (TPSA) is 84.9 Å². The number of nitrogens with one attached hydrogen (secondary N) is 1. The second-order valence-corrected chi connectivity index (χ2v) is 6.54. The molecule has 0 aliphatic carbocycles. The Hall–Kier alpha value is -2.14. The number of carboxylic acid groups (broad SMARTS) is 1. The van der Waals surface area contributed by atoms with Gasteiger partial charge in [-0.2, -0.15) is 5.09 Å². The summed E-state index contributed by atoms with van der Waals surface area (Å²) in [4.78, 5) is 11.0. The highest BCUT2D eigenvalue weighted by Gasteiger charge is 2.31. The molecular formula is C16H18NO5P. The maximum atomic E-state index is 12.9. The summed E-state index contributed by atoms with van der Waals surface area (Å²) in [5.74, 6) is -0.820. The van der Waals surface area contributed by atoms with Crippen molar-refractivity contribution in [1.29, 1.82) is 0 Å². The summed E-state index contributed by atoms with van der Waals surface area (Å²) in [6.07, 6.45) is 0. The van der Waals surface area contributed by atoms with E-state index >= 15 is 0 Å². The number of rotatable bonds is 8. The van der Waals surface area contributed by atoms with E-state index in [0.717, 1.165) is 5.56 Å². The molecule has 1 unspecified atom stereocenters. The molecule has 0 heterocycles. The van der Waals surface area contributed by atoms with Crippen LogP contribution in [0.25, 0.3) is 0 Å². The first-order valence-electron chi connectivity index (χ1n) is 7.02. The Morgan fingerprint density at radius 3 is 2.26 bits per heavy atom. The zero-order valence-corrected chi connectivity index (χ0v) is 13.5. The quantitative estimate of drug-likeness (QED) is 0.719. The average Bonchev–Trinajstić information content (AvgIpc) is 2.55. The van der Waals surface area contributed by atoms with Crippen LogP contribution in [0.5, 0.6) is 5.75 Å². The van der Waals surface area contributed by atoms with Crippen LogP contribution in [-0.4, -0.2) is 17.1 Å². The third-order valence-corrected chi connectivity index (χ3v) is 4.56. The molecular weight excluding hydrogens is 317 g/mol. The molecule has 0 aliphatic rings. The Bertz CT molecular complexity index is 677. The van der Waals surface area contributed by atoms with E-state index in [4.69, 9.17) is 14.2 Å². The number of benzene rings is 2. The molecule has 2 aromatic rings. The normalized spacial score (nSPS) is 14.7. The summed E-state index contributed by atoms with van der Waals surface area (Å²) in [7, 11) is -3.85. The van der Waals surface area contributed by atoms with Crippen molar-refractivity contribution in [3.63, 3.8) is 0 Å². The van der Waals surface area contributed by atoms with Crippen LogP contribution in [0.2, 0.25) is 0 Å². The third kappa shape index (κ3) is 5.53. The monoisotopic (exact) mass is 335 g/mol. The molecule has 0 aromatic heterocycles. The lowest BCUT2D eigenvalue weighted by molar-refractivity contribution is -0.138. The van der Waals surface area contributed by atoms with Gasteiger partial charge in [-0.25, -0.2) is 4.57 Å². The predicted molar refractivity (Wildman–Crippen MR) is 86.1 cm³/mol. The Balaban J connectivity index is 2.13. The molecule has 2 N–H and O–H groups in total. The molecule has 0 aliphatic heterocycles. The minimum Gasteiger partial charge on any atom is -0.480 e. The largest absolute Gasteiger partial charge is 0.480 e. The fraction of sp³-hybridized carbons (Fsp3) is 0.188. The van der Waals surface area contributed by atoms with Gasteiger partial charge in [0.2, 0.25) is 0 Å². The molecule has 0 spiro atoms. The van der Waals surface area contributed by atoms with E-state index in [0.29, 0.717) is 5.75 Å². The smallest absolute Gasteiger partial charge is 0.459 e. The van der Waals surface area contributed by atoms with Gasteiger partial charge in [0.1, 0.15) is 11.8 Å². The Kier molecular flexibility index (Phi) is 5.93. The second kappa shape index (κ2) is 7.92. The number of para-hydroxylation sites is 1. The Labute approximate surface area is 134 Å². The fourth-order valence-electron chi connectivity index (χ4n) is 1.74. The van der Waals surface area contributed by atoms with Gasteiger partial charge in [0, 0.05) is 0 Å². The van der Waals surface area contributed by atoms with Crippen LogP contribution in [0.15, 0.2) is 60.7 Å². The van der Waals surface area contributed by atoms with E-state index in [1.165, 1.54) is 6.92 Å². The van der Waals surface area contributed by atoms with E-state index in [1.807, 2.05) is 30.3 Å². The van der Waals surface area contributed by atoms with E-state index in [-0.39, 0.29) is 6.61 Å². The van der Waals surface area contributed by atoms with Gasteiger partial charge in [-0.15, -0.1) is 0 Å². The molecule has 0 saturated carbocycles. The molecule has 7 heteroatoms. The van der Waals surface area contributed by atoms with Gasteiger partial charge in [-0.3, -0.25) is 9.32 Å². The van der Waals surface area contributed by atoms with Crippen LogP contribution in [0.3, 0.4) is 0 Å². The van der Waals surface area contributed by atoms with Crippen LogP contribution in [0.4, 0.5) is 0 Å². The highest BCUT2D eigenvalue weighted by Crippen LogP contribution is 2.45. The maximum Gasteiger partial charge on any atom is 0.459 e. The van der Waals surface area contributed by atoms with Gasteiger partial charge < -0.3 is 9.63 Å². The Morgan fingerprint density at radius 1 is 1.13 bits per heavy atom. The number of carboxylic acids is 1. The van der Waals surface area contributed by atoms with Crippen LogP contribution in [0, 0.1) is 0 Å². The van der Waals surface area contributed by atoms with E-state index < -0.39 is 19.8 Å². The lowest BCUT2D eigenvalue weighted by atomic mass is 10.2. The molecule has 6 nitrogen and oxygen atoms in total. The van der Waals surface area contributed by atoms with E-state index in [2.05, 4.69) is 5.09 Å². The SMILES string of the molecule is C[C@H](NP(=O)(OCc1ccccc1)Oc1ccccc1)C(=O)O.